The largest absolute Gasteiger partial charge is 0.378 e. The van der Waals surface area contributed by atoms with E-state index in [0.717, 1.165) is 64.5 Å². The van der Waals surface area contributed by atoms with Crippen molar-refractivity contribution in [2.45, 2.75) is 33.1 Å². The molecule has 29 heavy (non-hydrogen) atoms. The van der Waals surface area contributed by atoms with Gasteiger partial charge in [0.1, 0.15) is 0 Å². The minimum Gasteiger partial charge on any atom is -0.378 e. The Hall–Kier alpha value is -0.870. The number of hydrogen-bond donors (Lipinski definition) is 1. The lowest BCUT2D eigenvalue weighted by Crippen LogP contribution is -2.50. The fourth-order valence-corrected chi connectivity index (χ4v) is 4.75. The summed E-state index contributed by atoms with van der Waals surface area (Å²) in [4.78, 5) is 23.4. The fraction of sp³-hybridized carbons (Fsp3) is 0.714. The Morgan fingerprint density at radius 3 is 2.62 bits per heavy atom. The van der Waals surface area contributed by atoms with E-state index in [2.05, 4.69) is 41.6 Å². The number of morpholine rings is 1. The van der Waals surface area contributed by atoms with Gasteiger partial charge in [-0.05, 0) is 43.6 Å². The van der Waals surface area contributed by atoms with Crippen LogP contribution in [0.4, 0.5) is 0 Å². The van der Waals surface area contributed by atoms with Crippen molar-refractivity contribution >= 4 is 47.2 Å². The third-order valence-corrected chi connectivity index (χ3v) is 6.38. The van der Waals surface area contributed by atoms with Crippen LogP contribution in [0.1, 0.15) is 31.6 Å². The minimum absolute atomic E-state index is 0. The molecule has 1 unspecified atom stereocenters. The van der Waals surface area contributed by atoms with E-state index in [1.54, 1.807) is 0 Å². The number of ether oxygens (including phenoxy) is 1. The smallest absolute Gasteiger partial charge is 0.225 e. The van der Waals surface area contributed by atoms with E-state index in [-0.39, 0.29) is 29.9 Å². The third-order valence-electron chi connectivity index (χ3n) is 5.48. The Bertz CT molecular complexity index is 627. The van der Waals surface area contributed by atoms with Gasteiger partial charge in [-0.2, -0.15) is 0 Å². The zero-order valence-electron chi connectivity index (χ0n) is 17.6. The maximum absolute atomic E-state index is 12.7. The Morgan fingerprint density at radius 1 is 1.28 bits per heavy atom. The summed E-state index contributed by atoms with van der Waals surface area (Å²) in [6.07, 6.45) is 2.90. The van der Waals surface area contributed by atoms with Gasteiger partial charge in [0, 0.05) is 50.1 Å². The molecular weight excluding hydrogens is 499 g/mol. The van der Waals surface area contributed by atoms with Crippen molar-refractivity contribution in [1.82, 2.24) is 15.1 Å². The van der Waals surface area contributed by atoms with Crippen LogP contribution in [0.3, 0.4) is 0 Å². The molecule has 1 N–H and O–H groups in total. The number of aliphatic imine (C=N–C) groups is 1. The van der Waals surface area contributed by atoms with E-state index >= 15 is 0 Å². The summed E-state index contributed by atoms with van der Waals surface area (Å²) >= 11 is 1.82. The number of halogens is 1. The van der Waals surface area contributed by atoms with Crippen molar-refractivity contribution in [1.29, 1.82) is 0 Å². The Kier molecular flexibility index (Phi) is 10.7. The van der Waals surface area contributed by atoms with Crippen molar-refractivity contribution in [3.05, 3.63) is 22.4 Å². The van der Waals surface area contributed by atoms with Crippen LogP contribution in [0.25, 0.3) is 0 Å². The molecule has 2 fully saturated rings. The predicted molar refractivity (Wildman–Crippen MR) is 130 cm³/mol. The van der Waals surface area contributed by atoms with Crippen LogP contribution < -0.4 is 5.32 Å². The molecule has 8 heteroatoms. The molecule has 1 amide bonds. The molecule has 164 valence electrons. The lowest BCUT2D eigenvalue weighted by atomic mass is 9.95. The number of likely N-dealkylation sites (tertiary alicyclic amines) is 1. The van der Waals surface area contributed by atoms with E-state index in [0.29, 0.717) is 25.0 Å². The highest BCUT2D eigenvalue weighted by Gasteiger charge is 2.30. The highest BCUT2D eigenvalue weighted by atomic mass is 127. The van der Waals surface area contributed by atoms with E-state index in [1.807, 2.05) is 16.2 Å². The Labute approximate surface area is 196 Å². The van der Waals surface area contributed by atoms with Crippen LogP contribution in [0, 0.1) is 11.8 Å². The number of piperidine rings is 1. The topological polar surface area (TPSA) is 57.2 Å². The van der Waals surface area contributed by atoms with Crippen molar-refractivity contribution in [2.75, 3.05) is 52.5 Å². The molecule has 1 atom stereocenters. The lowest BCUT2D eigenvalue weighted by molar-refractivity contribution is -0.140. The second-order valence-corrected chi connectivity index (χ2v) is 8.81. The number of amides is 1. The molecule has 1 aromatic rings. The lowest BCUT2D eigenvalue weighted by Gasteiger charge is -2.36. The van der Waals surface area contributed by atoms with Crippen molar-refractivity contribution in [2.24, 2.45) is 16.8 Å². The maximum atomic E-state index is 12.7. The Morgan fingerprint density at radius 2 is 2.00 bits per heavy atom. The average molecular weight is 535 g/mol. The summed E-state index contributed by atoms with van der Waals surface area (Å²) in [5.41, 5.74) is 0. The Balaban J connectivity index is 0.00000300. The van der Waals surface area contributed by atoms with Crippen molar-refractivity contribution < 1.29 is 9.53 Å². The standard InChI is InChI=1S/C21H34N4O2S.HI/c1-3-22-21(23-16-17(2)15-19-5-4-14-28-19)25-8-6-18(7-9-25)20(26)24-10-12-27-13-11-24;/h4-5,14,17-18H,3,6-13,15-16H2,1-2H3,(H,22,23);1H. The summed E-state index contributed by atoms with van der Waals surface area (Å²) in [6, 6.07) is 4.31. The molecule has 0 aromatic carbocycles. The summed E-state index contributed by atoms with van der Waals surface area (Å²) in [6.45, 7) is 10.7. The monoisotopic (exact) mass is 534 g/mol. The van der Waals surface area contributed by atoms with Crippen molar-refractivity contribution in [3.8, 4) is 0 Å². The van der Waals surface area contributed by atoms with Crippen LogP contribution in [-0.2, 0) is 16.0 Å². The number of nitrogens with zero attached hydrogens (tertiary/aromatic N) is 3. The van der Waals surface area contributed by atoms with Gasteiger partial charge in [0.25, 0.3) is 0 Å². The zero-order valence-corrected chi connectivity index (χ0v) is 20.8. The normalized spacial score (nSPS) is 19.6. The van der Waals surface area contributed by atoms with Crippen LogP contribution in [0.2, 0.25) is 0 Å². The number of carbonyl (C=O) groups excluding carboxylic acids is 1. The van der Waals surface area contributed by atoms with Gasteiger partial charge >= 0.3 is 0 Å². The van der Waals surface area contributed by atoms with Gasteiger partial charge in [0.05, 0.1) is 13.2 Å². The molecule has 0 bridgehead atoms. The van der Waals surface area contributed by atoms with Crippen LogP contribution in [0.15, 0.2) is 22.5 Å². The quantitative estimate of drug-likeness (QED) is 0.347. The number of thiophene rings is 1. The first-order valence-electron chi connectivity index (χ1n) is 10.6. The molecule has 2 aliphatic heterocycles. The van der Waals surface area contributed by atoms with E-state index in [4.69, 9.17) is 9.73 Å². The van der Waals surface area contributed by atoms with Gasteiger partial charge in [-0.1, -0.05) is 13.0 Å². The molecule has 2 saturated heterocycles. The van der Waals surface area contributed by atoms with Gasteiger partial charge in [0.15, 0.2) is 5.96 Å². The van der Waals surface area contributed by atoms with E-state index < -0.39 is 0 Å². The first kappa shape index (κ1) is 24.4. The van der Waals surface area contributed by atoms with Gasteiger partial charge in [0.2, 0.25) is 5.91 Å². The third kappa shape index (κ3) is 7.40. The SMILES string of the molecule is CCNC(=NCC(C)Cc1cccs1)N1CCC(C(=O)N2CCOCC2)CC1.I. The first-order chi connectivity index (χ1) is 13.7. The molecule has 0 radical (unpaired) electrons. The molecule has 3 heterocycles. The zero-order chi connectivity index (χ0) is 19.8. The van der Waals surface area contributed by atoms with E-state index in [1.165, 1.54) is 4.88 Å². The molecule has 0 spiro atoms. The molecule has 2 aliphatic rings. The molecule has 3 rings (SSSR count). The first-order valence-corrected chi connectivity index (χ1v) is 11.5. The average Bonchev–Trinajstić information content (AvgIpc) is 3.24. The summed E-state index contributed by atoms with van der Waals surface area (Å²) in [7, 11) is 0. The predicted octanol–water partition coefficient (Wildman–Crippen LogP) is 3.08. The summed E-state index contributed by atoms with van der Waals surface area (Å²) < 4.78 is 5.37. The van der Waals surface area contributed by atoms with Crippen LogP contribution in [0.5, 0.6) is 0 Å². The highest BCUT2D eigenvalue weighted by molar-refractivity contribution is 14.0. The molecule has 1 aromatic heterocycles. The number of carbonyl (C=O) groups is 1. The molecular formula is C21H35IN4O2S. The van der Waals surface area contributed by atoms with Crippen LogP contribution >= 0.6 is 35.3 Å². The summed E-state index contributed by atoms with van der Waals surface area (Å²) in [5.74, 6) is 1.98. The maximum Gasteiger partial charge on any atom is 0.225 e. The number of rotatable bonds is 6. The highest BCUT2D eigenvalue weighted by Crippen LogP contribution is 2.21. The van der Waals surface area contributed by atoms with Gasteiger partial charge in [-0.3, -0.25) is 9.79 Å². The molecule has 0 aliphatic carbocycles. The number of guanidine groups is 1. The number of nitrogens with one attached hydrogen (secondary N) is 1. The summed E-state index contributed by atoms with van der Waals surface area (Å²) in [5, 5.41) is 5.58. The van der Waals surface area contributed by atoms with Crippen LogP contribution in [-0.4, -0.2) is 74.1 Å². The van der Waals surface area contributed by atoms with Gasteiger partial charge < -0.3 is 19.9 Å². The fourth-order valence-electron chi connectivity index (χ4n) is 3.89. The molecule has 6 nitrogen and oxygen atoms in total. The minimum atomic E-state index is 0. The van der Waals surface area contributed by atoms with E-state index in [9.17, 15) is 4.79 Å². The second kappa shape index (κ2) is 12.7. The molecule has 0 saturated carbocycles. The number of hydrogen-bond acceptors (Lipinski definition) is 4. The van der Waals surface area contributed by atoms with Gasteiger partial charge in [-0.25, -0.2) is 0 Å². The van der Waals surface area contributed by atoms with Crippen molar-refractivity contribution in [3.63, 3.8) is 0 Å². The second-order valence-electron chi connectivity index (χ2n) is 7.78. The van der Waals surface area contributed by atoms with Gasteiger partial charge in [-0.15, -0.1) is 35.3 Å².